The van der Waals surface area contributed by atoms with Gasteiger partial charge in [-0.25, -0.2) is 0 Å². The Kier molecular flexibility index (Phi) is 3.54. The molecule has 0 heterocycles. The summed E-state index contributed by atoms with van der Waals surface area (Å²) in [4.78, 5) is 0. The first-order chi connectivity index (χ1) is 5.86. The molecule has 0 bridgehead atoms. The van der Waals surface area contributed by atoms with Crippen LogP contribution in [0.15, 0.2) is 28.5 Å². The highest BCUT2D eigenvalue weighted by atomic mass is 16.5. The number of ether oxygens (including phenoxy) is 1. The standard InChI is InChI=1S/C9H13NO2/c1-12-7-9-4-2-3-8(5-9)6-10-11/h3-4,6,11H,2,5,7H2,1H3/b10-6+. The summed E-state index contributed by atoms with van der Waals surface area (Å²) in [6.07, 6.45) is 7.39. The Morgan fingerprint density at radius 3 is 3.17 bits per heavy atom. The van der Waals surface area contributed by atoms with E-state index in [-0.39, 0.29) is 0 Å². The summed E-state index contributed by atoms with van der Waals surface area (Å²) >= 11 is 0. The Hall–Kier alpha value is -1.09. The number of hydrogen-bond donors (Lipinski definition) is 1. The Labute approximate surface area is 72.0 Å². The van der Waals surface area contributed by atoms with E-state index < -0.39 is 0 Å². The number of methoxy groups -OCH3 is 1. The quantitative estimate of drug-likeness (QED) is 0.301. The van der Waals surface area contributed by atoms with Crippen molar-refractivity contribution in [1.29, 1.82) is 0 Å². The lowest BCUT2D eigenvalue weighted by Gasteiger charge is -2.10. The molecule has 0 aromatic rings. The van der Waals surface area contributed by atoms with Crippen LogP contribution >= 0.6 is 0 Å². The molecule has 0 saturated carbocycles. The fraction of sp³-hybridized carbons (Fsp3) is 0.444. The molecule has 1 N–H and O–H groups in total. The summed E-state index contributed by atoms with van der Waals surface area (Å²) in [7, 11) is 1.68. The predicted molar refractivity (Wildman–Crippen MR) is 47.6 cm³/mol. The van der Waals surface area contributed by atoms with Crippen LogP contribution in [0.1, 0.15) is 12.8 Å². The molecule has 0 aromatic heterocycles. The molecule has 0 atom stereocenters. The Morgan fingerprint density at radius 2 is 2.50 bits per heavy atom. The number of rotatable bonds is 3. The molecular weight excluding hydrogens is 154 g/mol. The summed E-state index contributed by atoms with van der Waals surface area (Å²) in [6, 6.07) is 0. The zero-order valence-corrected chi connectivity index (χ0v) is 7.16. The normalized spacial score (nSPS) is 17.8. The molecule has 3 heteroatoms. The lowest BCUT2D eigenvalue weighted by molar-refractivity contribution is 0.223. The van der Waals surface area contributed by atoms with Crippen molar-refractivity contribution >= 4 is 6.21 Å². The van der Waals surface area contributed by atoms with Crippen LogP contribution in [-0.4, -0.2) is 25.1 Å². The zero-order valence-electron chi connectivity index (χ0n) is 7.16. The smallest absolute Gasteiger partial charge is 0.0693 e. The van der Waals surface area contributed by atoms with Crippen molar-refractivity contribution < 1.29 is 9.94 Å². The molecule has 0 aromatic carbocycles. The van der Waals surface area contributed by atoms with Gasteiger partial charge < -0.3 is 9.94 Å². The maximum Gasteiger partial charge on any atom is 0.0693 e. The SMILES string of the molecule is COCC1=CCC=C(/C=N/O)C1. The van der Waals surface area contributed by atoms with Crippen molar-refractivity contribution in [2.24, 2.45) is 5.16 Å². The van der Waals surface area contributed by atoms with Gasteiger partial charge in [0.1, 0.15) is 0 Å². The van der Waals surface area contributed by atoms with Gasteiger partial charge in [0.05, 0.1) is 12.8 Å². The van der Waals surface area contributed by atoms with Crippen LogP contribution in [0.5, 0.6) is 0 Å². The topological polar surface area (TPSA) is 41.8 Å². The van der Waals surface area contributed by atoms with Crippen LogP contribution in [-0.2, 0) is 4.74 Å². The minimum Gasteiger partial charge on any atom is -0.411 e. The second-order valence-electron chi connectivity index (χ2n) is 2.73. The first kappa shape index (κ1) is 9.00. The van der Waals surface area contributed by atoms with Crippen molar-refractivity contribution in [3.8, 4) is 0 Å². The first-order valence-electron chi connectivity index (χ1n) is 3.90. The van der Waals surface area contributed by atoms with Gasteiger partial charge >= 0.3 is 0 Å². The van der Waals surface area contributed by atoms with Gasteiger partial charge in [-0.15, -0.1) is 0 Å². The van der Waals surface area contributed by atoms with E-state index in [2.05, 4.69) is 11.2 Å². The minimum absolute atomic E-state index is 0.663. The highest BCUT2D eigenvalue weighted by molar-refractivity contribution is 5.79. The van der Waals surface area contributed by atoms with E-state index in [1.54, 1.807) is 7.11 Å². The average Bonchev–Trinajstić information content (AvgIpc) is 2.06. The van der Waals surface area contributed by atoms with E-state index in [0.717, 1.165) is 18.4 Å². The fourth-order valence-electron chi connectivity index (χ4n) is 1.25. The maximum atomic E-state index is 8.31. The summed E-state index contributed by atoms with van der Waals surface area (Å²) < 4.78 is 5.01. The largest absolute Gasteiger partial charge is 0.411 e. The van der Waals surface area contributed by atoms with Gasteiger partial charge in [-0.3, -0.25) is 0 Å². The van der Waals surface area contributed by atoms with Gasteiger partial charge in [0, 0.05) is 7.11 Å². The van der Waals surface area contributed by atoms with E-state index >= 15 is 0 Å². The van der Waals surface area contributed by atoms with Gasteiger partial charge in [0.15, 0.2) is 0 Å². The average molecular weight is 167 g/mol. The van der Waals surface area contributed by atoms with Crippen LogP contribution in [0.25, 0.3) is 0 Å². The van der Waals surface area contributed by atoms with Crippen molar-refractivity contribution in [2.75, 3.05) is 13.7 Å². The lowest BCUT2D eigenvalue weighted by Crippen LogP contribution is -2.01. The molecule has 0 fully saturated rings. The number of oxime groups is 1. The van der Waals surface area contributed by atoms with E-state index in [1.165, 1.54) is 11.8 Å². The van der Waals surface area contributed by atoms with Gasteiger partial charge in [-0.2, -0.15) is 0 Å². The highest BCUT2D eigenvalue weighted by Crippen LogP contribution is 2.16. The minimum atomic E-state index is 0.663. The molecule has 1 aliphatic rings. The molecule has 12 heavy (non-hydrogen) atoms. The summed E-state index contributed by atoms with van der Waals surface area (Å²) in [5.74, 6) is 0. The number of nitrogens with zero attached hydrogens (tertiary/aromatic N) is 1. The molecule has 0 radical (unpaired) electrons. The number of hydrogen-bond acceptors (Lipinski definition) is 3. The Balaban J connectivity index is 2.48. The lowest BCUT2D eigenvalue weighted by atomic mass is 10.00. The van der Waals surface area contributed by atoms with Gasteiger partial charge in [0.2, 0.25) is 0 Å². The number of allylic oxidation sites excluding steroid dienone is 3. The van der Waals surface area contributed by atoms with Gasteiger partial charge in [-0.05, 0) is 24.0 Å². The summed E-state index contributed by atoms with van der Waals surface area (Å²) in [5.41, 5.74) is 2.29. The van der Waals surface area contributed by atoms with Crippen molar-refractivity contribution in [1.82, 2.24) is 0 Å². The van der Waals surface area contributed by atoms with E-state index in [9.17, 15) is 0 Å². The van der Waals surface area contributed by atoms with Gasteiger partial charge in [-0.1, -0.05) is 17.3 Å². The highest BCUT2D eigenvalue weighted by Gasteiger charge is 2.04. The van der Waals surface area contributed by atoms with Crippen LogP contribution in [0, 0.1) is 0 Å². The Morgan fingerprint density at radius 1 is 1.67 bits per heavy atom. The third kappa shape index (κ3) is 2.51. The predicted octanol–water partition coefficient (Wildman–Crippen LogP) is 1.74. The first-order valence-corrected chi connectivity index (χ1v) is 3.90. The Bertz CT molecular complexity index is 229. The maximum absolute atomic E-state index is 8.31. The fourth-order valence-corrected chi connectivity index (χ4v) is 1.25. The van der Waals surface area contributed by atoms with E-state index in [1.807, 2.05) is 6.08 Å². The molecule has 0 unspecified atom stereocenters. The van der Waals surface area contributed by atoms with Crippen molar-refractivity contribution in [3.05, 3.63) is 23.3 Å². The second-order valence-corrected chi connectivity index (χ2v) is 2.73. The summed E-state index contributed by atoms with van der Waals surface area (Å²) in [6.45, 7) is 0.663. The van der Waals surface area contributed by atoms with Gasteiger partial charge in [0.25, 0.3) is 0 Å². The summed E-state index contributed by atoms with van der Waals surface area (Å²) in [5, 5.41) is 11.3. The van der Waals surface area contributed by atoms with Crippen LogP contribution < -0.4 is 0 Å². The molecule has 0 spiro atoms. The molecule has 3 nitrogen and oxygen atoms in total. The molecule has 1 aliphatic carbocycles. The van der Waals surface area contributed by atoms with Crippen LogP contribution in [0.3, 0.4) is 0 Å². The third-order valence-electron chi connectivity index (χ3n) is 1.77. The second kappa shape index (κ2) is 4.72. The molecule has 1 rings (SSSR count). The molecule has 0 aliphatic heterocycles. The third-order valence-corrected chi connectivity index (χ3v) is 1.77. The van der Waals surface area contributed by atoms with Crippen molar-refractivity contribution in [2.45, 2.75) is 12.8 Å². The van der Waals surface area contributed by atoms with Crippen LogP contribution in [0.2, 0.25) is 0 Å². The molecular formula is C9H13NO2. The van der Waals surface area contributed by atoms with E-state index in [4.69, 9.17) is 9.94 Å². The monoisotopic (exact) mass is 167 g/mol. The molecule has 0 saturated heterocycles. The van der Waals surface area contributed by atoms with Crippen molar-refractivity contribution in [3.63, 3.8) is 0 Å². The van der Waals surface area contributed by atoms with E-state index in [0.29, 0.717) is 6.61 Å². The van der Waals surface area contributed by atoms with Crippen LogP contribution in [0.4, 0.5) is 0 Å². The molecule has 66 valence electrons. The molecule has 0 amide bonds. The zero-order chi connectivity index (χ0) is 8.81.